The molecule has 0 aromatic carbocycles. The predicted molar refractivity (Wildman–Crippen MR) is 51.9 cm³/mol. The summed E-state index contributed by atoms with van der Waals surface area (Å²) < 4.78 is 65.3. The molecule has 108 valence electrons. The van der Waals surface area contributed by atoms with Gasteiger partial charge < -0.3 is 9.84 Å². The maximum atomic E-state index is 12.9. The number of hydrogen-bond acceptors (Lipinski definition) is 4. The van der Waals surface area contributed by atoms with Crippen molar-refractivity contribution < 1.29 is 36.6 Å². The Bertz CT molecular complexity index is 565. The van der Waals surface area contributed by atoms with Crippen molar-refractivity contribution >= 4 is 5.97 Å². The summed E-state index contributed by atoms with van der Waals surface area (Å²) in [5, 5.41) is 17.2. The van der Waals surface area contributed by atoms with E-state index in [4.69, 9.17) is 10.4 Å². The van der Waals surface area contributed by atoms with Crippen LogP contribution in [0.1, 0.15) is 23.2 Å². The third-order valence-electron chi connectivity index (χ3n) is 2.07. The van der Waals surface area contributed by atoms with Crippen LogP contribution in [0.4, 0.5) is 22.0 Å². The zero-order valence-corrected chi connectivity index (χ0v) is 9.41. The first-order chi connectivity index (χ1) is 9.15. The van der Waals surface area contributed by atoms with E-state index in [0.29, 0.717) is 6.20 Å². The number of alkyl halides is 5. The van der Waals surface area contributed by atoms with E-state index in [2.05, 4.69) is 9.72 Å². The molecular weight excluding hydrogens is 291 g/mol. The minimum Gasteiger partial charge on any atom is -0.481 e. The molecule has 1 N–H and O–H groups in total. The van der Waals surface area contributed by atoms with Crippen molar-refractivity contribution in [3.8, 4) is 11.8 Å². The molecule has 0 saturated carbocycles. The Balaban J connectivity index is 3.48. The number of ether oxygens (including phenoxy) is 1. The van der Waals surface area contributed by atoms with Gasteiger partial charge in [-0.15, -0.1) is 13.2 Å². The number of rotatable bonds is 4. The lowest BCUT2D eigenvalue weighted by atomic mass is 10.0. The van der Waals surface area contributed by atoms with E-state index < -0.39 is 47.7 Å². The molecule has 1 heterocycles. The second-order valence-corrected chi connectivity index (χ2v) is 3.39. The van der Waals surface area contributed by atoms with E-state index >= 15 is 0 Å². The average Bonchev–Trinajstić information content (AvgIpc) is 2.25. The molecule has 0 spiro atoms. The van der Waals surface area contributed by atoms with Gasteiger partial charge in [0.25, 0.3) is 6.43 Å². The zero-order chi connectivity index (χ0) is 15.5. The van der Waals surface area contributed by atoms with Gasteiger partial charge in [0.15, 0.2) is 5.75 Å². The fraction of sp³-hybridized carbons (Fsp3) is 0.300. The van der Waals surface area contributed by atoms with Crippen LogP contribution in [-0.4, -0.2) is 22.4 Å². The van der Waals surface area contributed by atoms with Gasteiger partial charge in [0, 0.05) is 5.56 Å². The summed E-state index contributed by atoms with van der Waals surface area (Å²) in [5.41, 5.74) is -2.81. The Labute approximate surface area is 108 Å². The molecule has 1 aromatic heterocycles. The third-order valence-corrected chi connectivity index (χ3v) is 2.07. The lowest BCUT2D eigenvalue weighted by Crippen LogP contribution is -2.20. The van der Waals surface area contributed by atoms with Crippen LogP contribution in [0.2, 0.25) is 0 Å². The topological polar surface area (TPSA) is 83.2 Å². The van der Waals surface area contributed by atoms with Gasteiger partial charge in [0.1, 0.15) is 11.8 Å². The number of pyridine rings is 1. The third kappa shape index (κ3) is 3.78. The Hall–Kier alpha value is -2.44. The number of nitriles is 1. The van der Waals surface area contributed by atoms with Crippen LogP contribution >= 0.6 is 0 Å². The Morgan fingerprint density at radius 2 is 2.10 bits per heavy atom. The van der Waals surface area contributed by atoms with Gasteiger partial charge in [-0.1, -0.05) is 0 Å². The lowest BCUT2D eigenvalue weighted by Gasteiger charge is -2.15. The van der Waals surface area contributed by atoms with Gasteiger partial charge in [0.2, 0.25) is 0 Å². The second kappa shape index (κ2) is 5.68. The molecule has 0 fully saturated rings. The number of nitrogens with zero attached hydrogens (tertiary/aromatic N) is 2. The molecule has 0 saturated heterocycles. The highest BCUT2D eigenvalue weighted by molar-refractivity contribution is 5.72. The van der Waals surface area contributed by atoms with E-state index in [0.717, 1.165) is 0 Å². The summed E-state index contributed by atoms with van der Waals surface area (Å²) in [7, 11) is 0. The number of carboxylic acids is 1. The van der Waals surface area contributed by atoms with E-state index in [1.807, 2.05) is 0 Å². The van der Waals surface area contributed by atoms with Gasteiger partial charge in [0.05, 0.1) is 18.2 Å². The molecule has 20 heavy (non-hydrogen) atoms. The summed E-state index contributed by atoms with van der Waals surface area (Å²) >= 11 is 0. The van der Waals surface area contributed by atoms with Crippen LogP contribution in [0.5, 0.6) is 5.75 Å². The zero-order valence-electron chi connectivity index (χ0n) is 9.41. The highest BCUT2D eigenvalue weighted by Gasteiger charge is 2.35. The standard InChI is InChI=1S/C10H5F5N2O3/c11-9(12)8-4(1-7(18)19)5(2-16)17-3-6(8)20-10(13,14)15/h3,9H,1H2,(H,18,19). The highest BCUT2D eigenvalue weighted by atomic mass is 19.4. The van der Waals surface area contributed by atoms with Crippen molar-refractivity contribution in [2.75, 3.05) is 0 Å². The summed E-state index contributed by atoms with van der Waals surface area (Å²) in [6, 6.07) is 1.34. The van der Waals surface area contributed by atoms with E-state index in [9.17, 15) is 26.7 Å². The van der Waals surface area contributed by atoms with Crippen LogP contribution < -0.4 is 4.74 Å². The van der Waals surface area contributed by atoms with Crippen LogP contribution in [0.3, 0.4) is 0 Å². The molecule has 0 radical (unpaired) electrons. The van der Waals surface area contributed by atoms with Crippen LogP contribution in [-0.2, 0) is 11.2 Å². The maximum Gasteiger partial charge on any atom is 0.573 e. The van der Waals surface area contributed by atoms with Crippen LogP contribution in [0.15, 0.2) is 6.20 Å². The highest BCUT2D eigenvalue weighted by Crippen LogP contribution is 2.36. The second-order valence-electron chi connectivity index (χ2n) is 3.39. The smallest absolute Gasteiger partial charge is 0.481 e. The van der Waals surface area contributed by atoms with E-state index in [1.165, 1.54) is 6.07 Å². The van der Waals surface area contributed by atoms with Crippen molar-refractivity contribution in [3.05, 3.63) is 23.0 Å². The fourth-order valence-electron chi connectivity index (χ4n) is 1.42. The Morgan fingerprint density at radius 3 is 2.50 bits per heavy atom. The van der Waals surface area contributed by atoms with E-state index in [1.54, 1.807) is 0 Å². The first kappa shape index (κ1) is 15.6. The van der Waals surface area contributed by atoms with Gasteiger partial charge >= 0.3 is 12.3 Å². The monoisotopic (exact) mass is 296 g/mol. The fourth-order valence-corrected chi connectivity index (χ4v) is 1.42. The van der Waals surface area contributed by atoms with Crippen molar-refractivity contribution in [1.82, 2.24) is 4.98 Å². The van der Waals surface area contributed by atoms with Crippen molar-refractivity contribution in [2.24, 2.45) is 0 Å². The quantitative estimate of drug-likeness (QED) is 0.863. The molecule has 0 aliphatic rings. The van der Waals surface area contributed by atoms with Gasteiger partial charge in [-0.25, -0.2) is 13.8 Å². The average molecular weight is 296 g/mol. The number of hydrogen-bond donors (Lipinski definition) is 1. The molecule has 5 nitrogen and oxygen atoms in total. The number of aromatic nitrogens is 1. The molecule has 1 rings (SSSR count). The van der Waals surface area contributed by atoms with Crippen molar-refractivity contribution in [3.63, 3.8) is 0 Å². The molecule has 0 aliphatic heterocycles. The minimum absolute atomic E-state index is 0.304. The predicted octanol–water partition coefficient (Wildman–Crippen LogP) is 2.42. The summed E-state index contributed by atoms with van der Waals surface area (Å²) in [4.78, 5) is 13.8. The van der Waals surface area contributed by atoms with Crippen LogP contribution in [0, 0.1) is 11.3 Å². The lowest BCUT2D eigenvalue weighted by molar-refractivity contribution is -0.275. The molecule has 0 atom stereocenters. The molecular formula is C10H5F5N2O3. The summed E-state index contributed by atoms with van der Waals surface area (Å²) in [6.07, 6.45) is -9.49. The normalized spacial score (nSPS) is 11.2. The summed E-state index contributed by atoms with van der Waals surface area (Å²) in [6.45, 7) is 0. The Kier molecular flexibility index (Phi) is 4.44. The van der Waals surface area contributed by atoms with Crippen molar-refractivity contribution in [1.29, 1.82) is 5.26 Å². The maximum absolute atomic E-state index is 12.9. The van der Waals surface area contributed by atoms with E-state index in [-0.39, 0.29) is 0 Å². The number of aliphatic carboxylic acids is 1. The number of halogens is 5. The minimum atomic E-state index is -5.25. The first-order valence-corrected chi connectivity index (χ1v) is 4.83. The molecule has 0 amide bonds. The van der Waals surface area contributed by atoms with Gasteiger partial charge in [-0.3, -0.25) is 4.79 Å². The largest absolute Gasteiger partial charge is 0.573 e. The number of carboxylic acid groups (broad SMARTS) is 1. The molecule has 10 heteroatoms. The van der Waals surface area contributed by atoms with Crippen LogP contribution in [0.25, 0.3) is 0 Å². The SMILES string of the molecule is N#Cc1ncc(OC(F)(F)F)c(C(F)F)c1CC(=O)O. The van der Waals surface area contributed by atoms with Gasteiger partial charge in [-0.05, 0) is 0 Å². The van der Waals surface area contributed by atoms with Crippen molar-refractivity contribution in [2.45, 2.75) is 19.2 Å². The molecule has 1 aromatic rings. The molecule has 0 aliphatic carbocycles. The van der Waals surface area contributed by atoms with Gasteiger partial charge in [-0.2, -0.15) is 5.26 Å². The molecule has 0 unspecified atom stereocenters. The Morgan fingerprint density at radius 1 is 1.50 bits per heavy atom. The summed E-state index contributed by atoms with van der Waals surface area (Å²) in [5.74, 6) is -2.93. The first-order valence-electron chi connectivity index (χ1n) is 4.83. The number of carbonyl (C=O) groups is 1. The molecule has 0 bridgehead atoms.